The van der Waals surface area contributed by atoms with Crippen molar-refractivity contribution in [2.24, 2.45) is 5.41 Å². The van der Waals surface area contributed by atoms with E-state index in [0.29, 0.717) is 19.4 Å². The molecule has 1 saturated heterocycles. The Morgan fingerprint density at radius 3 is 2.37 bits per heavy atom. The summed E-state index contributed by atoms with van der Waals surface area (Å²) >= 11 is 0. The molecule has 1 aliphatic heterocycles. The van der Waals surface area contributed by atoms with Gasteiger partial charge in [-0.1, -0.05) is 38.5 Å². The van der Waals surface area contributed by atoms with E-state index in [1.165, 1.54) is 5.56 Å². The van der Waals surface area contributed by atoms with Gasteiger partial charge in [-0.15, -0.1) is 0 Å². The van der Waals surface area contributed by atoms with Gasteiger partial charge in [-0.05, 0) is 43.7 Å². The molecule has 2 rings (SSSR count). The Balaban J connectivity index is 1.61. The summed E-state index contributed by atoms with van der Waals surface area (Å²) < 4.78 is 5.68. The molecule has 0 aromatic heterocycles. The molecule has 1 N–H and O–H groups in total. The Morgan fingerprint density at radius 1 is 1.15 bits per heavy atom. The highest BCUT2D eigenvalue weighted by molar-refractivity contribution is 5.77. The quantitative estimate of drug-likeness (QED) is 0.741. The summed E-state index contributed by atoms with van der Waals surface area (Å²) in [6.45, 7) is 10.2. The second kappa shape index (κ2) is 9.77. The molecule has 0 aliphatic carbocycles. The van der Waals surface area contributed by atoms with E-state index in [0.717, 1.165) is 38.1 Å². The number of aryl methyl sites for hydroxylation is 1. The van der Waals surface area contributed by atoms with Gasteiger partial charge < -0.3 is 15.0 Å². The highest BCUT2D eigenvalue weighted by Crippen LogP contribution is 2.19. The molecule has 1 aliphatic rings. The molecule has 0 atom stereocenters. The Kier molecular flexibility index (Phi) is 7.69. The molecule has 2 amide bonds. The molecule has 0 bridgehead atoms. The number of hydrogen-bond donors (Lipinski definition) is 1. The summed E-state index contributed by atoms with van der Waals surface area (Å²) in [5.41, 5.74) is 1.21. The lowest BCUT2D eigenvalue weighted by atomic mass is 9.91. The Morgan fingerprint density at radius 2 is 1.78 bits per heavy atom. The van der Waals surface area contributed by atoms with Gasteiger partial charge in [0.15, 0.2) is 0 Å². The Labute approximate surface area is 163 Å². The number of nitrogens with zero attached hydrogens (tertiary/aromatic N) is 1. The molecule has 1 fully saturated rings. The van der Waals surface area contributed by atoms with Crippen LogP contribution in [-0.4, -0.2) is 42.5 Å². The maximum Gasteiger partial charge on any atom is 0.222 e. The monoisotopic (exact) mass is 374 g/mol. The summed E-state index contributed by atoms with van der Waals surface area (Å²) in [6, 6.07) is 8.13. The zero-order chi connectivity index (χ0) is 19.9. The third kappa shape index (κ3) is 8.02. The second-order valence-corrected chi connectivity index (χ2v) is 8.73. The molecular weight excluding hydrogens is 340 g/mol. The van der Waals surface area contributed by atoms with E-state index in [9.17, 15) is 9.59 Å². The number of carbonyl (C=O) groups excluding carboxylic acids is 2. The summed E-state index contributed by atoms with van der Waals surface area (Å²) in [5.74, 6) is 1.14. The number of nitrogens with one attached hydrogen (secondary N) is 1. The summed E-state index contributed by atoms with van der Waals surface area (Å²) in [7, 11) is 0. The third-order valence-corrected chi connectivity index (χ3v) is 4.73. The van der Waals surface area contributed by atoms with Crippen LogP contribution in [0.2, 0.25) is 0 Å². The van der Waals surface area contributed by atoms with Gasteiger partial charge in [-0.2, -0.15) is 0 Å². The highest BCUT2D eigenvalue weighted by atomic mass is 16.5. The van der Waals surface area contributed by atoms with Gasteiger partial charge in [0.2, 0.25) is 11.8 Å². The van der Waals surface area contributed by atoms with E-state index in [4.69, 9.17) is 4.74 Å². The summed E-state index contributed by atoms with van der Waals surface area (Å²) in [6.07, 6.45) is 3.43. The smallest absolute Gasteiger partial charge is 0.222 e. The van der Waals surface area contributed by atoms with Crippen molar-refractivity contribution in [2.45, 2.75) is 65.8 Å². The summed E-state index contributed by atoms with van der Waals surface area (Å²) in [4.78, 5) is 26.3. The number of ether oxygens (including phenoxy) is 1. The lowest BCUT2D eigenvalue weighted by Crippen LogP contribution is -2.47. The highest BCUT2D eigenvalue weighted by Gasteiger charge is 2.25. The SMILES string of the molecule is Cc1ccc(OCCCC(=O)N2CCC(NC(=O)CC(C)(C)C)CC2)cc1. The van der Waals surface area contributed by atoms with E-state index in [1.54, 1.807) is 0 Å². The first kappa shape index (κ1) is 21.3. The number of likely N-dealkylation sites (tertiary alicyclic amines) is 1. The third-order valence-electron chi connectivity index (χ3n) is 4.73. The standard InChI is InChI=1S/C22H34N2O3/c1-17-7-9-19(10-8-17)27-15-5-6-21(26)24-13-11-18(12-14-24)23-20(25)16-22(2,3)4/h7-10,18H,5-6,11-16H2,1-4H3,(H,23,25). The molecule has 0 spiro atoms. The lowest BCUT2D eigenvalue weighted by molar-refractivity contribution is -0.132. The Bertz CT molecular complexity index is 611. The number of piperidine rings is 1. The van der Waals surface area contributed by atoms with E-state index in [2.05, 4.69) is 26.1 Å². The zero-order valence-corrected chi connectivity index (χ0v) is 17.2. The average Bonchev–Trinajstić information content (AvgIpc) is 2.59. The normalized spacial score (nSPS) is 15.5. The zero-order valence-electron chi connectivity index (χ0n) is 17.2. The van der Waals surface area contributed by atoms with Crippen LogP contribution in [0.15, 0.2) is 24.3 Å². The first-order valence-corrected chi connectivity index (χ1v) is 9.99. The number of benzene rings is 1. The van der Waals surface area contributed by atoms with E-state index in [1.807, 2.05) is 36.1 Å². The van der Waals surface area contributed by atoms with Crippen LogP contribution in [0.3, 0.4) is 0 Å². The fourth-order valence-corrected chi connectivity index (χ4v) is 3.24. The van der Waals surface area contributed by atoms with Gasteiger partial charge in [0.05, 0.1) is 6.61 Å². The largest absolute Gasteiger partial charge is 0.494 e. The summed E-state index contributed by atoms with van der Waals surface area (Å²) in [5, 5.41) is 3.11. The lowest BCUT2D eigenvalue weighted by Gasteiger charge is -2.33. The van der Waals surface area contributed by atoms with Gasteiger partial charge in [-0.3, -0.25) is 9.59 Å². The minimum absolute atomic E-state index is 0.00139. The van der Waals surface area contributed by atoms with Gasteiger partial charge >= 0.3 is 0 Å². The van der Waals surface area contributed by atoms with Crippen molar-refractivity contribution in [3.8, 4) is 5.75 Å². The molecule has 150 valence electrons. The van der Waals surface area contributed by atoms with Crippen LogP contribution in [-0.2, 0) is 9.59 Å². The van der Waals surface area contributed by atoms with Crippen molar-refractivity contribution in [1.29, 1.82) is 0 Å². The average molecular weight is 375 g/mol. The molecule has 27 heavy (non-hydrogen) atoms. The minimum Gasteiger partial charge on any atom is -0.494 e. The predicted molar refractivity (Wildman–Crippen MR) is 108 cm³/mol. The van der Waals surface area contributed by atoms with Crippen molar-refractivity contribution in [2.75, 3.05) is 19.7 Å². The molecule has 0 saturated carbocycles. The van der Waals surface area contributed by atoms with Crippen LogP contribution in [0.25, 0.3) is 0 Å². The minimum atomic E-state index is 0.00139. The maximum atomic E-state index is 12.4. The number of carbonyl (C=O) groups is 2. The number of amides is 2. The van der Waals surface area contributed by atoms with Crippen molar-refractivity contribution < 1.29 is 14.3 Å². The fourth-order valence-electron chi connectivity index (χ4n) is 3.24. The van der Waals surface area contributed by atoms with Crippen molar-refractivity contribution in [3.05, 3.63) is 29.8 Å². The van der Waals surface area contributed by atoms with Gasteiger partial charge in [0, 0.05) is 32.0 Å². The molecule has 1 aromatic rings. The first-order valence-electron chi connectivity index (χ1n) is 9.99. The molecule has 5 heteroatoms. The molecular formula is C22H34N2O3. The van der Waals surface area contributed by atoms with Gasteiger partial charge in [0.25, 0.3) is 0 Å². The molecule has 0 unspecified atom stereocenters. The predicted octanol–water partition coefficient (Wildman–Crippen LogP) is 3.70. The second-order valence-electron chi connectivity index (χ2n) is 8.73. The number of rotatable bonds is 7. The van der Waals surface area contributed by atoms with Crippen LogP contribution in [0.4, 0.5) is 0 Å². The van der Waals surface area contributed by atoms with E-state index in [-0.39, 0.29) is 23.3 Å². The molecule has 1 heterocycles. The van der Waals surface area contributed by atoms with Gasteiger partial charge in [-0.25, -0.2) is 0 Å². The molecule has 1 aromatic carbocycles. The van der Waals surface area contributed by atoms with E-state index < -0.39 is 0 Å². The van der Waals surface area contributed by atoms with Crippen LogP contribution in [0.5, 0.6) is 5.75 Å². The first-order chi connectivity index (χ1) is 12.7. The molecule has 0 radical (unpaired) electrons. The van der Waals surface area contributed by atoms with Crippen LogP contribution in [0.1, 0.15) is 58.4 Å². The topological polar surface area (TPSA) is 58.6 Å². The fraction of sp³-hybridized carbons (Fsp3) is 0.636. The van der Waals surface area contributed by atoms with E-state index >= 15 is 0 Å². The van der Waals surface area contributed by atoms with Crippen LogP contribution < -0.4 is 10.1 Å². The molecule has 5 nitrogen and oxygen atoms in total. The van der Waals surface area contributed by atoms with Crippen LogP contribution >= 0.6 is 0 Å². The Hall–Kier alpha value is -2.04. The van der Waals surface area contributed by atoms with Crippen molar-refractivity contribution >= 4 is 11.8 Å². The van der Waals surface area contributed by atoms with Crippen molar-refractivity contribution in [1.82, 2.24) is 10.2 Å². The van der Waals surface area contributed by atoms with Gasteiger partial charge in [0.1, 0.15) is 5.75 Å². The van der Waals surface area contributed by atoms with Crippen LogP contribution in [0, 0.1) is 12.3 Å². The van der Waals surface area contributed by atoms with Crippen molar-refractivity contribution in [3.63, 3.8) is 0 Å². The maximum absolute atomic E-state index is 12.4. The number of hydrogen-bond acceptors (Lipinski definition) is 3.